The lowest BCUT2D eigenvalue weighted by Crippen LogP contribution is -2.26. The molecule has 39 heavy (non-hydrogen) atoms. The second-order valence-electron chi connectivity index (χ2n) is 10.9. The number of carbonyl (C=O) groups excluding carboxylic acids is 2. The lowest BCUT2D eigenvalue weighted by atomic mass is 9.84. The van der Waals surface area contributed by atoms with Gasteiger partial charge in [-0.05, 0) is 71.3 Å². The maximum Gasteiger partial charge on any atom is 0.305 e. The molecule has 0 bridgehead atoms. The first-order valence-electron chi connectivity index (χ1n) is 13.0. The molecule has 0 saturated carbocycles. The van der Waals surface area contributed by atoms with E-state index >= 15 is 0 Å². The third-order valence-electron chi connectivity index (χ3n) is 6.84. The van der Waals surface area contributed by atoms with Gasteiger partial charge in [0.2, 0.25) is 0 Å². The van der Waals surface area contributed by atoms with E-state index in [2.05, 4.69) is 55.3 Å². The normalized spacial score (nSPS) is 12.3. The van der Waals surface area contributed by atoms with Crippen LogP contribution < -0.4 is 5.32 Å². The fourth-order valence-electron chi connectivity index (χ4n) is 4.60. The summed E-state index contributed by atoms with van der Waals surface area (Å²) in [6.07, 6.45) is 0.929. The van der Waals surface area contributed by atoms with Gasteiger partial charge in [-0.15, -0.1) is 0 Å². The van der Waals surface area contributed by atoms with Crippen molar-refractivity contribution in [2.75, 3.05) is 6.54 Å². The van der Waals surface area contributed by atoms with Crippen molar-refractivity contribution in [1.29, 1.82) is 0 Å². The van der Waals surface area contributed by atoms with Crippen LogP contribution >= 0.6 is 11.6 Å². The summed E-state index contributed by atoms with van der Waals surface area (Å²) in [7, 11) is 0. The summed E-state index contributed by atoms with van der Waals surface area (Å²) in [6.45, 7) is 6.59. The topological polar surface area (TPSA) is 99.3 Å². The number of hydrogen-bond donors (Lipinski definition) is 3. The van der Waals surface area contributed by atoms with Crippen LogP contribution in [-0.4, -0.2) is 34.3 Å². The number of H-pyrrole nitrogens is 1. The SMILES string of the molecule is CC(C)(C)c1ccc(CC(Cc2ccc(C(=O)NCCC(=O)O)cc2)C(=O)c2cc3cc(Cl)ccc3[nH]2)cc1. The average molecular weight is 545 g/mol. The van der Waals surface area contributed by atoms with Crippen LogP contribution in [0.25, 0.3) is 10.9 Å². The van der Waals surface area contributed by atoms with Gasteiger partial charge >= 0.3 is 5.97 Å². The van der Waals surface area contributed by atoms with Crippen molar-refractivity contribution in [3.05, 3.63) is 106 Å². The lowest BCUT2D eigenvalue weighted by Gasteiger charge is -2.20. The van der Waals surface area contributed by atoms with Crippen LogP contribution in [0.5, 0.6) is 0 Å². The summed E-state index contributed by atoms with van der Waals surface area (Å²) in [5.41, 5.74) is 5.13. The molecular formula is C32H33ClN2O4. The highest BCUT2D eigenvalue weighted by Gasteiger charge is 2.24. The first-order valence-corrected chi connectivity index (χ1v) is 13.4. The number of fused-ring (bicyclic) bond motifs is 1. The maximum absolute atomic E-state index is 13.8. The van der Waals surface area contributed by atoms with E-state index in [1.807, 2.05) is 30.3 Å². The minimum Gasteiger partial charge on any atom is -0.481 e. The van der Waals surface area contributed by atoms with Gasteiger partial charge in [-0.3, -0.25) is 14.4 Å². The number of carbonyl (C=O) groups is 3. The Morgan fingerprint density at radius 3 is 2.10 bits per heavy atom. The fraction of sp³-hybridized carbons (Fsp3) is 0.281. The predicted octanol–water partition coefficient (Wildman–Crippen LogP) is 6.61. The molecule has 1 amide bonds. The zero-order chi connectivity index (χ0) is 28.2. The van der Waals surface area contributed by atoms with E-state index in [0.717, 1.165) is 22.0 Å². The smallest absolute Gasteiger partial charge is 0.305 e. The number of hydrogen-bond acceptors (Lipinski definition) is 3. The summed E-state index contributed by atoms with van der Waals surface area (Å²) >= 11 is 6.15. The molecule has 3 aromatic carbocycles. The van der Waals surface area contributed by atoms with E-state index in [0.29, 0.717) is 29.1 Å². The van der Waals surface area contributed by atoms with Crippen molar-refractivity contribution in [3.8, 4) is 0 Å². The monoisotopic (exact) mass is 544 g/mol. The molecule has 0 aliphatic heterocycles. The van der Waals surface area contributed by atoms with Crippen LogP contribution in [0.3, 0.4) is 0 Å². The quantitative estimate of drug-likeness (QED) is 0.196. The van der Waals surface area contributed by atoms with Gasteiger partial charge in [0.05, 0.1) is 12.1 Å². The van der Waals surface area contributed by atoms with Crippen molar-refractivity contribution in [2.45, 2.75) is 45.4 Å². The van der Waals surface area contributed by atoms with Crippen molar-refractivity contribution in [1.82, 2.24) is 10.3 Å². The van der Waals surface area contributed by atoms with Crippen molar-refractivity contribution in [3.63, 3.8) is 0 Å². The summed E-state index contributed by atoms with van der Waals surface area (Å²) in [4.78, 5) is 40.1. The number of Topliss-reactive ketones (excluding diaryl/α,β-unsaturated/α-hetero) is 1. The zero-order valence-corrected chi connectivity index (χ0v) is 23.1. The highest BCUT2D eigenvalue weighted by molar-refractivity contribution is 6.31. The Morgan fingerprint density at radius 1 is 0.897 bits per heavy atom. The number of halogens is 1. The molecule has 6 nitrogen and oxygen atoms in total. The summed E-state index contributed by atoms with van der Waals surface area (Å²) in [5, 5.41) is 12.9. The third-order valence-corrected chi connectivity index (χ3v) is 7.08. The van der Waals surface area contributed by atoms with Gasteiger partial charge in [-0.2, -0.15) is 0 Å². The number of aromatic amines is 1. The Hall–Kier alpha value is -3.90. The van der Waals surface area contributed by atoms with Crippen molar-refractivity contribution in [2.24, 2.45) is 5.92 Å². The first-order chi connectivity index (χ1) is 18.5. The second-order valence-corrected chi connectivity index (χ2v) is 11.4. The van der Waals surface area contributed by atoms with E-state index in [1.54, 1.807) is 18.2 Å². The zero-order valence-electron chi connectivity index (χ0n) is 22.4. The largest absolute Gasteiger partial charge is 0.481 e. The maximum atomic E-state index is 13.8. The summed E-state index contributed by atoms with van der Waals surface area (Å²) in [6, 6.07) is 22.9. The highest BCUT2D eigenvalue weighted by Crippen LogP contribution is 2.26. The number of carboxylic acids is 1. The van der Waals surface area contributed by atoms with E-state index < -0.39 is 5.97 Å². The van der Waals surface area contributed by atoms with E-state index in [4.69, 9.17) is 16.7 Å². The van der Waals surface area contributed by atoms with Crippen molar-refractivity contribution < 1.29 is 19.5 Å². The molecule has 4 aromatic rings. The molecule has 0 radical (unpaired) electrons. The molecule has 7 heteroatoms. The van der Waals surface area contributed by atoms with Crippen LogP contribution in [0, 0.1) is 5.92 Å². The third kappa shape index (κ3) is 7.36. The number of nitrogens with one attached hydrogen (secondary N) is 2. The fourth-order valence-corrected chi connectivity index (χ4v) is 4.78. The van der Waals surface area contributed by atoms with Crippen LogP contribution in [0.15, 0.2) is 72.8 Å². The molecule has 0 fully saturated rings. The van der Waals surface area contributed by atoms with Gasteiger partial charge < -0.3 is 15.4 Å². The number of rotatable bonds is 10. The molecule has 1 heterocycles. The van der Waals surface area contributed by atoms with Crippen LogP contribution in [0.1, 0.15) is 64.7 Å². The number of amides is 1. The van der Waals surface area contributed by atoms with E-state index in [-0.39, 0.29) is 36.0 Å². The number of aliphatic carboxylic acids is 1. The minimum atomic E-state index is -0.965. The Bertz CT molecular complexity index is 1480. The number of carboxylic acid groups (broad SMARTS) is 1. The molecule has 4 rings (SSSR count). The summed E-state index contributed by atoms with van der Waals surface area (Å²) < 4.78 is 0. The molecule has 3 N–H and O–H groups in total. The number of aromatic nitrogens is 1. The lowest BCUT2D eigenvalue weighted by molar-refractivity contribution is -0.136. The predicted molar refractivity (Wildman–Crippen MR) is 155 cm³/mol. The molecular weight excluding hydrogens is 512 g/mol. The molecule has 0 aliphatic rings. The van der Waals surface area contributed by atoms with E-state index in [1.165, 1.54) is 5.56 Å². The Balaban J connectivity index is 1.56. The Labute approximate surface area is 233 Å². The molecule has 0 aliphatic carbocycles. The Kier molecular flexibility index (Phi) is 8.56. The highest BCUT2D eigenvalue weighted by atomic mass is 35.5. The van der Waals surface area contributed by atoms with Gasteiger partial charge in [-0.1, -0.05) is 68.8 Å². The van der Waals surface area contributed by atoms with Crippen LogP contribution in [-0.2, 0) is 23.1 Å². The van der Waals surface area contributed by atoms with Crippen LogP contribution in [0.2, 0.25) is 5.02 Å². The standard InChI is InChI=1S/C32H33ClN2O4/c1-32(2,3)25-10-6-21(7-11-25)17-24(30(38)28-19-23-18-26(33)12-13-27(23)35-28)16-20-4-8-22(9-5-20)31(39)34-15-14-29(36)37/h4-13,18-19,24,35H,14-17H2,1-3H3,(H,34,39)(H,36,37). The molecule has 0 spiro atoms. The minimum absolute atomic E-state index is 0.0118. The van der Waals surface area contributed by atoms with Crippen LogP contribution in [0.4, 0.5) is 0 Å². The molecule has 202 valence electrons. The van der Waals surface area contributed by atoms with Gasteiger partial charge in [0.1, 0.15) is 0 Å². The van der Waals surface area contributed by atoms with Gasteiger partial charge in [0, 0.05) is 34.0 Å². The second kappa shape index (κ2) is 11.9. The Morgan fingerprint density at radius 2 is 1.51 bits per heavy atom. The first kappa shape index (κ1) is 28.1. The van der Waals surface area contributed by atoms with E-state index in [9.17, 15) is 14.4 Å². The molecule has 1 aromatic heterocycles. The number of ketones is 1. The molecule has 0 saturated heterocycles. The van der Waals surface area contributed by atoms with Gasteiger partial charge in [0.25, 0.3) is 5.91 Å². The molecule has 1 atom stereocenters. The average Bonchev–Trinajstić information content (AvgIpc) is 3.31. The molecule has 1 unspecified atom stereocenters. The van der Waals surface area contributed by atoms with Gasteiger partial charge in [-0.25, -0.2) is 0 Å². The van der Waals surface area contributed by atoms with Crippen molar-refractivity contribution >= 4 is 40.2 Å². The number of benzene rings is 3. The summed E-state index contributed by atoms with van der Waals surface area (Å²) in [5.74, 6) is -1.61. The van der Waals surface area contributed by atoms with Gasteiger partial charge in [0.15, 0.2) is 5.78 Å².